The van der Waals surface area contributed by atoms with E-state index in [2.05, 4.69) is 15.6 Å². The fourth-order valence-electron chi connectivity index (χ4n) is 3.75. The molecule has 4 nitrogen and oxygen atoms in total. The second-order valence-corrected chi connectivity index (χ2v) is 6.43. The Morgan fingerprint density at radius 2 is 1.70 bits per heavy atom. The zero-order valence-electron chi connectivity index (χ0n) is 12.9. The molecule has 2 unspecified atom stereocenters. The summed E-state index contributed by atoms with van der Waals surface area (Å²) in [5.41, 5.74) is 2.72. The molecule has 0 aliphatic carbocycles. The summed E-state index contributed by atoms with van der Waals surface area (Å²) in [6.45, 7) is 0. The second-order valence-electron chi connectivity index (χ2n) is 6.43. The molecule has 5 heteroatoms. The van der Waals surface area contributed by atoms with Gasteiger partial charge < -0.3 is 15.6 Å². The predicted octanol–water partition coefficient (Wildman–Crippen LogP) is 3.12. The van der Waals surface area contributed by atoms with Crippen molar-refractivity contribution in [3.8, 4) is 11.3 Å². The average Bonchev–Trinajstić information content (AvgIpc) is 3.15. The fourth-order valence-corrected chi connectivity index (χ4v) is 3.75. The van der Waals surface area contributed by atoms with Crippen molar-refractivity contribution in [2.24, 2.45) is 0 Å². The molecule has 2 bridgehead atoms. The molecule has 2 aliphatic heterocycles. The summed E-state index contributed by atoms with van der Waals surface area (Å²) in [5, 5.41) is 6.79. The molecule has 0 saturated carbocycles. The maximum atomic E-state index is 12.4. The third-order valence-electron chi connectivity index (χ3n) is 4.82. The molecule has 23 heavy (non-hydrogen) atoms. The minimum atomic E-state index is 0. The predicted molar refractivity (Wildman–Crippen MR) is 93.9 cm³/mol. The number of hydrogen-bond donors (Lipinski definition) is 3. The fraction of sp³-hybridized carbons (Fsp3) is 0.389. The van der Waals surface area contributed by atoms with Crippen molar-refractivity contribution in [2.45, 2.75) is 43.8 Å². The molecule has 0 radical (unpaired) electrons. The average molecular weight is 332 g/mol. The van der Waals surface area contributed by atoms with Crippen LogP contribution in [0.15, 0.2) is 42.5 Å². The molecule has 0 spiro atoms. The highest BCUT2D eigenvalue weighted by Crippen LogP contribution is 2.27. The molecule has 2 atom stereocenters. The number of aromatic amines is 1. The van der Waals surface area contributed by atoms with Gasteiger partial charge >= 0.3 is 0 Å². The topological polar surface area (TPSA) is 56.9 Å². The Bertz CT molecular complexity index is 658. The lowest BCUT2D eigenvalue weighted by Gasteiger charge is -2.29. The number of fused-ring (bicyclic) bond motifs is 2. The number of carbonyl (C=O) groups is 1. The van der Waals surface area contributed by atoms with Crippen LogP contribution < -0.4 is 10.6 Å². The van der Waals surface area contributed by atoms with Gasteiger partial charge in [0.15, 0.2) is 0 Å². The lowest BCUT2D eigenvalue weighted by Crippen LogP contribution is -2.48. The van der Waals surface area contributed by atoms with Crippen LogP contribution in [0.2, 0.25) is 0 Å². The van der Waals surface area contributed by atoms with Crippen molar-refractivity contribution in [1.82, 2.24) is 15.6 Å². The Morgan fingerprint density at radius 1 is 1.00 bits per heavy atom. The van der Waals surface area contributed by atoms with Gasteiger partial charge in [-0.05, 0) is 43.4 Å². The van der Waals surface area contributed by atoms with Crippen LogP contribution in [0, 0.1) is 0 Å². The molecule has 1 aromatic heterocycles. The lowest BCUT2D eigenvalue weighted by molar-refractivity contribution is 0.0919. The third kappa shape index (κ3) is 3.43. The van der Waals surface area contributed by atoms with Crippen LogP contribution in [0.5, 0.6) is 0 Å². The summed E-state index contributed by atoms with van der Waals surface area (Å²) in [6, 6.07) is 15.4. The number of aromatic nitrogens is 1. The molecule has 2 aliphatic rings. The van der Waals surface area contributed by atoms with E-state index in [0.717, 1.165) is 24.1 Å². The van der Waals surface area contributed by atoms with Gasteiger partial charge in [0.2, 0.25) is 0 Å². The van der Waals surface area contributed by atoms with Crippen LogP contribution in [0.25, 0.3) is 11.3 Å². The van der Waals surface area contributed by atoms with Gasteiger partial charge in [0, 0.05) is 23.8 Å². The zero-order chi connectivity index (χ0) is 14.9. The highest BCUT2D eigenvalue weighted by atomic mass is 35.5. The summed E-state index contributed by atoms with van der Waals surface area (Å²) in [5.74, 6) is 0.00785. The maximum absolute atomic E-state index is 12.4. The number of H-pyrrole nitrogens is 1. The van der Waals surface area contributed by atoms with Gasteiger partial charge in [0.1, 0.15) is 5.69 Å². The number of carbonyl (C=O) groups excluding carboxylic acids is 1. The smallest absolute Gasteiger partial charge is 0.267 e. The summed E-state index contributed by atoms with van der Waals surface area (Å²) >= 11 is 0. The first-order valence-electron chi connectivity index (χ1n) is 8.09. The SMILES string of the molecule is Cl.O=C(NC1CC2CCC(C1)N2)c1ccc(-c2ccccc2)[nH]1. The van der Waals surface area contributed by atoms with Gasteiger partial charge in [0.25, 0.3) is 5.91 Å². The van der Waals surface area contributed by atoms with E-state index >= 15 is 0 Å². The van der Waals surface area contributed by atoms with E-state index in [-0.39, 0.29) is 18.3 Å². The lowest BCUT2D eigenvalue weighted by atomic mass is 10.00. The van der Waals surface area contributed by atoms with Gasteiger partial charge in [-0.1, -0.05) is 30.3 Å². The van der Waals surface area contributed by atoms with Gasteiger partial charge in [-0.25, -0.2) is 0 Å². The zero-order valence-corrected chi connectivity index (χ0v) is 13.7. The first kappa shape index (κ1) is 16.1. The van der Waals surface area contributed by atoms with Crippen molar-refractivity contribution in [2.75, 3.05) is 0 Å². The number of nitrogens with one attached hydrogen (secondary N) is 3. The molecular formula is C18H22ClN3O. The number of amides is 1. The van der Waals surface area contributed by atoms with Crippen LogP contribution in [0.4, 0.5) is 0 Å². The standard InChI is InChI=1S/C18H21N3O.ClH/c22-18(20-15-10-13-6-7-14(11-15)19-13)17-9-8-16(21-17)12-4-2-1-3-5-12;/h1-5,8-9,13-15,19,21H,6-7,10-11H2,(H,20,22);1H. The summed E-state index contributed by atoms with van der Waals surface area (Å²) < 4.78 is 0. The molecule has 3 N–H and O–H groups in total. The number of halogens is 1. The highest BCUT2D eigenvalue weighted by molar-refractivity contribution is 5.93. The van der Waals surface area contributed by atoms with Crippen LogP contribution in [-0.2, 0) is 0 Å². The van der Waals surface area contributed by atoms with Gasteiger partial charge in [-0.15, -0.1) is 12.4 Å². The third-order valence-corrected chi connectivity index (χ3v) is 4.82. The van der Waals surface area contributed by atoms with Crippen LogP contribution in [0.3, 0.4) is 0 Å². The molecule has 122 valence electrons. The Hall–Kier alpha value is -1.78. The van der Waals surface area contributed by atoms with Crippen molar-refractivity contribution < 1.29 is 4.79 Å². The van der Waals surface area contributed by atoms with Crippen molar-refractivity contribution in [3.05, 3.63) is 48.2 Å². The first-order valence-corrected chi connectivity index (χ1v) is 8.09. The highest BCUT2D eigenvalue weighted by Gasteiger charge is 2.34. The van der Waals surface area contributed by atoms with Gasteiger partial charge in [-0.3, -0.25) is 4.79 Å². The molecule has 4 rings (SSSR count). The maximum Gasteiger partial charge on any atom is 0.267 e. The summed E-state index contributed by atoms with van der Waals surface area (Å²) in [6.07, 6.45) is 4.60. The number of benzene rings is 1. The minimum Gasteiger partial charge on any atom is -0.351 e. The molecule has 2 fully saturated rings. The largest absolute Gasteiger partial charge is 0.351 e. The summed E-state index contributed by atoms with van der Waals surface area (Å²) in [7, 11) is 0. The summed E-state index contributed by atoms with van der Waals surface area (Å²) in [4.78, 5) is 15.7. The molecule has 1 amide bonds. The van der Waals surface area contributed by atoms with E-state index in [0.29, 0.717) is 23.8 Å². The van der Waals surface area contributed by atoms with E-state index in [9.17, 15) is 4.79 Å². The van der Waals surface area contributed by atoms with E-state index in [4.69, 9.17) is 0 Å². The first-order chi connectivity index (χ1) is 10.8. The number of piperidine rings is 1. The van der Waals surface area contributed by atoms with Crippen molar-refractivity contribution in [1.29, 1.82) is 0 Å². The van der Waals surface area contributed by atoms with Crippen molar-refractivity contribution >= 4 is 18.3 Å². The molecule has 1 aromatic carbocycles. The Morgan fingerprint density at radius 3 is 2.39 bits per heavy atom. The van der Waals surface area contributed by atoms with Crippen LogP contribution in [0.1, 0.15) is 36.2 Å². The molecule has 3 heterocycles. The van der Waals surface area contributed by atoms with E-state index in [1.54, 1.807) is 0 Å². The molecular weight excluding hydrogens is 310 g/mol. The Balaban J connectivity index is 0.00000156. The van der Waals surface area contributed by atoms with E-state index in [1.165, 1.54) is 12.8 Å². The van der Waals surface area contributed by atoms with Crippen LogP contribution in [-0.4, -0.2) is 29.0 Å². The number of hydrogen-bond acceptors (Lipinski definition) is 2. The van der Waals surface area contributed by atoms with Crippen LogP contribution >= 0.6 is 12.4 Å². The minimum absolute atomic E-state index is 0. The van der Waals surface area contributed by atoms with Gasteiger partial charge in [-0.2, -0.15) is 0 Å². The van der Waals surface area contributed by atoms with E-state index in [1.807, 2.05) is 42.5 Å². The quantitative estimate of drug-likeness (QED) is 0.809. The molecule has 2 aromatic rings. The Kier molecular flexibility index (Phi) is 4.74. The van der Waals surface area contributed by atoms with E-state index < -0.39 is 0 Å². The molecule has 2 saturated heterocycles. The number of rotatable bonds is 3. The van der Waals surface area contributed by atoms with Gasteiger partial charge in [0.05, 0.1) is 0 Å². The normalized spacial score (nSPS) is 25.7. The van der Waals surface area contributed by atoms with Crippen molar-refractivity contribution in [3.63, 3.8) is 0 Å². The second kappa shape index (κ2) is 6.77. The Labute approximate surface area is 142 Å². The monoisotopic (exact) mass is 331 g/mol.